The van der Waals surface area contributed by atoms with Crippen LogP contribution in [0.15, 0.2) is 16.1 Å². The van der Waals surface area contributed by atoms with Crippen molar-refractivity contribution in [3.05, 3.63) is 28.7 Å². The number of rotatable bonds is 0. The van der Waals surface area contributed by atoms with Crippen molar-refractivity contribution < 1.29 is 4.42 Å². The standard InChI is InChI=1S/C10H12O/c1-7-3-4-9-6-8(2)11-10(9)5-7/h5-6H,3-4H2,1-2H3. The summed E-state index contributed by atoms with van der Waals surface area (Å²) >= 11 is 0. The molecule has 1 aliphatic carbocycles. The number of hydrogen-bond acceptors (Lipinski definition) is 1. The second-order valence-electron chi connectivity index (χ2n) is 3.24. The Balaban J connectivity index is 2.50. The van der Waals surface area contributed by atoms with Crippen molar-refractivity contribution in [3.63, 3.8) is 0 Å². The molecule has 0 bridgehead atoms. The van der Waals surface area contributed by atoms with Crippen LogP contribution in [0.4, 0.5) is 0 Å². The zero-order chi connectivity index (χ0) is 7.84. The van der Waals surface area contributed by atoms with Crippen LogP contribution >= 0.6 is 0 Å². The van der Waals surface area contributed by atoms with Gasteiger partial charge in [-0.05, 0) is 44.4 Å². The molecule has 1 aliphatic rings. The minimum absolute atomic E-state index is 1.03. The molecule has 0 fully saturated rings. The van der Waals surface area contributed by atoms with Crippen LogP contribution in [-0.4, -0.2) is 0 Å². The highest BCUT2D eigenvalue weighted by molar-refractivity contribution is 5.54. The monoisotopic (exact) mass is 148 g/mol. The zero-order valence-corrected chi connectivity index (χ0v) is 6.98. The summed E-state index contributed by atoms with van der Waals surface area (Å²) in [6.07, 6.45) is 4.48. The fraction of sp³-hybridized carbons (Fsp3) is 0.400. The van der Waals surface area contributed by atoms with E-state index < -0.39 is 0 Å². The SMILES string of the molecule is CC1=Cc2oc(C)cc2CC1. The van der Waals surface area contributed by atoms with Gasteiger partial charge < -0.3 is 4.42 Å². The third-order valence-corrected chi connectivity index (χ3v) is 2.13. The summed E-state index contributed by atoms with van der Waals surface area (Å²) in [7, 11) is 0. The molecule has 0 spiro atoms. The van der Waals surface area contributed by atoms with Crippen molar-refractivity contribution in [1.29, 1.82) is 0 Å². The van der Waals surface area contributed by atoms with E-state index in [4.69, 9.17) is 4.42 Å². The minimum atomic E-state index is 1.03. The Hall–Kier alpha value is -0.980. The van der Waals surface area contributed by atoms with Gasteiger partial charge in [0.05, 0.1) is 0 Å². The molecule has 1 aromatic rings. The molecule has 0 atom stereocenters. The van der Waals surface area contributed by atoms with E-state index in [2.05, 4.69) is 19.1 Å². The molecule has 0 aromatic carbocycles. The van der Waals surface area contributed by atoms with Crippen LogP contribution in [0.25, 0.3) is 6.08 Å². The molecule has 1 aromatic heterocycles. The summed E-state index contributed by atoms with van der Waals surface area (Å²) in [6, 6.07) is 2.14. The lowest BCUT2D eigenvalue weighted by atomic mass is 9.99. The molecule has 1 nitrogen and oxygen atoms in total. The Morgan fingerprint density at radius 1 is 1.27 bits per heavy atom. The molecular formula is C10H12O. The summed E-state index contributed by atoms with van der Waals surface area (Å²) < 4.78 is 5.50. The molecule has 0 unspecified atom stereocenters. The van der Waals surface area contributed by atoms with Gasteiger partial charge in [0.2, 0.25) is 0 Å². The van der Waals surface area contributed by atoms with E-state index in [-0.39, 0.29) is 0 Å². The first kappa shape index (κ1) is 6.71. The summed E-state index contributed by atoms with van der Waals surface area (Å²) in [4.78, 5) is 0. The molecule has 0 saturated heterocycles. The van der Waals surface area contributed by atoms with Crippen molar-refractivity contribution in [2.75, 3.05) is 0 Å². The highest BCUT2D eigenvalue weighted by Crippen LogP contribution is 2.25. The molecule has 58 valence electrons. The Morgan fingerprint density at radius 2 is 2.09 bits per heavy atom. The van der Waals surface area contributed by atoms with E-state index in [1.165, 1.54) is 17.6 Å². The van der Waals surface area contributed by atoms with E-state index in [1.807, 2.05) is 6.92 Å². The zero-order valence-electron chi connectivity index (χ0n) is 6.98. The van der Waals surface area contributed by atoms with Crippen LogP contribution in [0.5, 0.6) is 0 Å². The van der Waals surface area contributed by atoms with Gasteiger partial charge in [-0.15, -0.1) is 0 Å². The Bertz CT molecular complexity index is 305. The second-order valence-corrected chi connectivity index (χ2v) is 3.24. The van der Waals surface area contributed by atoms with Gasteiger partial charge in [0, 0.05) is 0 Å². The lowest BCUT2D eigenvalue weighted by molar-refractivity contribution is 0.519. The Kier molecular flexibility index (Phi) is 1.38. The first-order chi connectivity index (χ1) is 5.25. The number of allylic oxidation sites excluding steroid dienone is 1. The molecule has 0 N–H and O–H groups in total. The second kappa shape index (κ2) is 2.26. The molecule has 11 heavy (non-hydrogen) atoms. The van der Waals surface area contributed by atoms with Gasteiger partial charge in [-0.25, -0.2) is 0 Å². The van der Waals surface area contributed by atoms with Crippen LogP contribution in [0.2, 0.25) is 0 Å². The molecule has 1 heterocycles. The van der Waals surface area contributed by atoms with Gasteiger partial charge in [-0.3, -0.25) is 0 Å². The predicted molar refractivity (Wildman–Crippen MR) is 45.4 cm³/mol. The quantitative estimate of drug-likeness (QED) is 0.551. The third-order valence-electron chi connectivity index (χ3n) is 2.13. The maximum absolute atomic E-state index is 5.50. The fourth-order valence-electron chi connectivity index (χ4n) is 1.53. The van der Waals surface area contributed by atoms with Gasteiger partial charge >= 0.3 is 0 Å². The topological polar surface area (TPSA) is 13.1 Å². The smallest absolute Gasteiger partial charge is 0.130 e. The van der Waals surface area contributed by atoms with Crippen molar-refractivity contribution in [2.45, 2.75) is 26.7 Å². The fourth-order valence-corrected chi connectivity index (χ4v) is 1.53. The van der Waals surface area contributed by atoms with Crippen LogP contribution < -0.4 is 0 Å². The number of furan rings is 1. The highest BCUT2D eigenvalue weighted by Gasteiger charge is 2.11. The van der Waals surface area contributed by atoms with Crippen LogP contribution in [-0.2, 0) is 6.42 Å². The average Bonchev–Trinajstić information content (AvgIpc) is 2.27. The van der Waals surface area contributed by atoms with Gasteiger partial charge in [-0.1, -0.05) is 5.57 Å². The molecule has 1 heteroatoms. The first-order valence-electron chi connectivity index (χ1n) is 4.02. The highest BCUT2D eigenvalue weighted by atomic mass is 16.3. The van der Waals surface area contributed by atoms with E-state index in [9.17, 15) is 0 Å². The minimum Gasteiger partial charge on any atom is -0.462 e. The third kappa shape index (κ3) is 1.11. The van der Waals surface area contributed by atoms with Crippen LogP contribution in [0.3, 0.4) is 0 Å². The maximum Gasteiger partial charge on any atom is 0.130 e. The van der Waals surface area contributed by atoms with Crippen molar-refractivity contribution in [3.8, 4) is 0 Å². The lowest BCUT2D eigenvalue weighted by Gasteiger charge is -2.06. The van der Waals surface area contributed by atoms with Crippen LogP contribution in [0, 0.1) is 6.92 Å². The van der Waals surface area contributed by atoms with E-state index >= 15 is 0 Å². The van der Waals surface area contributed by atoms with E-state index in [1.54, 1.807) is 0 Å². The Morgan fingerprint density at radius 3 is 2.91 bits per heavy atom. The van der Waals surface area contributed by atoms with Gasteiger partial charge in [0.1, 0.15) is 11.5 Å². The normalized spacial score (nSPS) is 16.0. The molecule has 2 rings (SSSR count). The molecular weight excluding hydrogens is 136 g/mol. The van der Waals surface area contributed by atoms with Crippen molar-refractivity contribution >= 4 is 6.08 Å². The molecule has 0 saturated carbocycles. The van der Waals surface area contributed by atoms with Gasteiger partial charge in [-0.2, -0.15) is 0 Å². The summed E-state index contributed by atoms with van der Waals surface area (Å²) in [6.45, 7) is 4.16. The lowest BCUT2D eigenvalue weighted by Crippen LogP contribution is -1.92. The molecule has 0 amide bonds. The summed E-state index contributed by atoms with van der Waals surface area (Å²) in [5, 5.41) is 0. The van der Waals surface area contributed by atoms with Crippen LogP contribution in [0.1, 0.15) is 30.4 Å². The summed E-state index contributed by atoms with van der Waals surface area (Å²) in [5.74, 6) is 2.10. The molecule has 0 radical (unpaired) electrons. The predicted octanol–water partition coefficient (Wildman–Crippen LogP) is 2.94. The number of hydrogen-bond donors (Lipinski definition) is 0. The average molecular weight is 148 g/mol. The molecule has 0 aliphatic heterocycles. The number of aryl methyl sites for hydroxylation is 2. The first-order valence-corrected chi connectivity index (χ1v) is 4.02. The number of fused-ring (bicyclic) bond motifs is 1. The van der Waals surface area contributed by atoms with E-state index in [0.29, 0.717) is 0 Å². The Labute approximate surface area is 66.7 Å². The maximum atomic E-state index is 5.50. The van der Waals surface area contributed by atoms with Crippen molar-refractivity contribution in [1.82, 2.24) is 0 Å². The summed E-state index contributed by atoms with van der Waals surface area (Å²) in [5.41, 5.74) is 2.79. The van der Waals surface area contributed by atoms with Gasteiger partial charge in [0.25, 0.3) is 0 Å². The largest absolute Gasteiger partial charge is 0.462 e. The van der Waals surface area contributed by atoms with Crippen molar-refractivity contribution in [2.24, 2.45) is 0 Å². The van der Waals surface area contributed by atoms with E-state index in [0.717, 1.165) is 17.9 Å². The van der Waals surface area contributed by atoms with Gasteiger partial charge in [0.15, 0.2) is 0 Å².